The number of aromatic nitrogens is 2. The molecule has 1 heterocycles. The first-order valence-corrected chi connectivity index (χ1v) is 6.29. The number of rotatable bonds is 6. The Hall–Kier alpha value is -0.480. The Kier molecular flexibility index (Phi) is 5.04. The number of aryl methyl sites for hydroxylation is 1. The van der Waals surface area contributed by atoms with Gasteiger partial charge in [0, 0.05) is 24.7 Å². The largest absolute Gasteiger partial charge is 0.334 e. The highest BCUT2D eigenvalue weighted by atomic mass is 32.2. The molecule has 80 valence electrons. The molecule has 1 rings (SSSR count). The summed E-state index contributed by atoms with van der Waals surface area (Å²) in [6.45, 7) is 5.24. The molecular formula is C10H19N3S. The molecule has 4 heteroatoms. The van der Waals surface area contributed by atoms with Crippen LogP contribution >= 0.6 is 11.8 Å². The Bertz CT molecular complexity index is 260. The van der Waals surface area contributed by atoms with Crippen molar-refractivity contribution in [2.75, 3.05) is 11.5 Å². The molecule has 1 aromatic rings. The lowest BCUT2D eigenvalue weighted by Crippen LogP contribution is -2.18. The number of thioether (sulfide) groups is 1. The van der Waals surface area contributed by atoms with Crippen LogP contribution in [0.5, 0.6) is 0 Å². The van der Waals surface area contributed by atoms with Crippen molar-refractivity contribution in [2.45, 2.75) is 32.9 Å². The SMILES string of the molecule is CCCSCC(N)c1nccn1CC. The van der Waals surface area contributed by atoms with Gasteiger partial charge in [-0.2, -0.15) is 11.8 Å². The average Bonchev–Trinajstić information content (AvgIpc) is 2.65. The third kappa shape index (κ3) is 3.03. The molecule has 0 saturated carbocycles. The van der Waals surface area contributed by atoms with Gasteiger partial charge in [-0.1, -0.05) is 6.92 Å². The molecule has 14 heavy (non-hydrogen) atoms. The number of hydrogen-bond acceptors (Lipinski definition) is 3. The standard InChI is InChI=1S/C10H19N3S/c1-3-7-14-8-9(11)10-12-5-6-13(10)4-2/h5-6,9H,3-4,7-8,11H2,1-2H3. The smallest absolute Gasteiger partial charge is 0.126 e. The Balaban J connectivity index is 2.47. The number of nitrogens with two attached hydrogens (primary N) is 1. The molecule has 0 saturated heterocycles. The van der Waals surface area contributed by atoms with Gasteiger partial charge in [-0.15, -0.1) is 0 Å². The minimum Gasteiger partial charge on any atom is -0.334 e. The van der Waals surface area contributed by atoms with Crippen LogP contribution in [0.1, 0.15) is 32.1 Å². The lowest BCUT2D eigenvalue weighted by atomic mass is 10.3. The molecule has 2 N–H and O–H groups in total. The van der Waals surface area contributed by atoms with E-state index >= 15 is 0 Å². The zero-order chi connectivity index (χ0) is 10.4. The lowest BCUT2D eigenvalue weighted by molar-refractivity contribution is 0.642. The second-order valence-corrected chi connectivity index (χ2v) is 4.40. The molecule has 0 fully saturated rings. The number of hydrogen-bond donors (Lipinski definition) is 1. The summed E-state index contributed by atoms with van der Waals surface area (Å²) >= 11 is 1.90. The zero-order valence-electron chi connectivity index (χ0n) is 8.94. The normalized spacial score (nSPS) is 13.1. The van der Waals surface area contributed by atoms with Gasteiger partial charge < -0.3 is 10.3 Å². The summed E-state index contributed by atoms with van der Waals surface area (Å²) < 4.78 is 2.11. The van der Waals surface area contributed by atoms with E-state index in [0.29, 0.717) is 0 Å². The fraction of sp³-hybridized carbons (Fsp3) is 0.700. The van der Waals surface area contributed by atoms with Crippen molar-refractivity contribution >= 4 is 11.8 Å². The number of nitrogens with zero attached hydrogens (tertiary/aromatic N) is 2. The molecule has 1 unspecified atom stereocenters. The van der Waals surface area contributed by atoms with Crippen LogP contribution in [-0.2, 0) is 6.54 Å². The molecule has 0 amide bonds. The highest BCUT2D eigenvalue weighted by Gasteiger charge is 2.10. The van der Waals surface area contributed by atoms with Crippen molar-refractivity contribution in [3.8, 4) is 0 Å². The average molecular weight is 213 g/mol. The molecule has 0 aliphatic heterocycles. The highest BCUT2D eigenvalue weighted by molar-refractivity contribution is 7.99. The molecule has 0 bridgehead atoms. The molecule has 1 aromatic heterocycles. The molecule has 0 aromatic carbocycles. The molecule has 1 atom stereocenters. The van der Waals surface area contributed by atoms with Crippen molar-refractivity contribution in [1.29, 1.82) is 0 Å². The van der Waals surface area contributed by atoms with Crippen LogP contribution in [0.2, 0.25) is 0 Å². The van der Waals surface area contributed by atoms with E-state index in [2.05, 4.69) is 23.4 Å². The number of imidazole rings is 1. The fourth-order valence-electron chi connectivity index (χ4n) is 1.35. The van der Waals surface area contributed by atoms with E-state index in [1.54, 1.807) is 0 Å². The van der Waals surface area contributed by atoms with Crippen LogP contribution < -0.4 is 5.73 Å². The van der Waals surface area contributed by atoms with E-state index in [1.165, 1.54) is 12.2 Å². The molecule has 0 radical (unpaired) electrons. The van der Waals surface area contributed by atoms with Gasteiger partial charge >= 0.3 is 0 Å². The van der Waals surface area contributed by atoms with Gasteiger partial charge in [0.2, 0.25) is 0 Å². The summed E-state index contributed by atoms with van der Waals surface area (Å²) in [6, 6.07) is 0.0708. The quantitative estimate of drug-likeness (QED) is 0.735. The molecular weight excluding hydrogens is 194 g/mol. The first kappa shape index (κ1) is 11.6. The van der Waals surface area contributed by atoms with Gasteiger partial charge in [-0.25, -0.2) is 4.98 Å². The van der Waals surface area contributed by atoms with E-state index in [4.69, 9.17) is 5.73 Å². The first-order chi connectivity index (χ1) is 6.79. The molecule has 3 nitrogen and oxygen atoms in total. The van der Waals surface area contributed by atoms with Crippen LogP contribution in [0.4, 0.5) is 0 Å². The van der Waals surface area contributed by atoms with Crippen molar-refractivity contribution in [3.63, 3.8) is 0 Å². The first-order valence-electron chi connectivity index (χ1n) is 5.13. The van der Waals surface area contributed by atoms with Crippen molar-refractivity contribution < 1.29 is 0 Å². The summed E-state index contributed by atoms with van der Waals surface area (Å²) in [5, 5.41) is 0. The van der Waals surface area contributed by atoms with Crippen LogP contribution in [0.3, 0.4) is 0 Å². The summed E-state index contributed by atoms with van der Waals surface area (Å²) in [4.78, 5) is 4.29. The van der Waals surface area contributed by atoms with Gasteiger partial charge in [0.15, 0.2) is 0 Å². The van der Waals surface area contributed by atoms with Crippen molar-refractivity contribution in [1.82, 2.24) is 9.55 Å². The third-order valence-corrected chi connectivity index (χ3v) is 3.36. The maximum absolute atomic E-state index is 6.05. The molecule has 0 aliphatic carbocycles. The van der Waals surface area contributed by atoms with Crippen LogP contribution in [-0.4, -0.2) is 21.1 Å². The van der Waals surface area contributed by atoms with Crippen LogP contribution in [0.15, 0.2) is 12.4 Å². The second-order valence-electron chi connectivity index (χ2n) is 3.25. The zero-order valence-corrected chi connectivity index (χ0v) is 9.76. The van der Waals surface area contributed by atoms with E-state index in [-0.39, 0.29) is 6.04 Å². The summed E-state index contributed by atoms with van der Waals surface area (Å²) in [5.74, 6) is 3.15. The van der Waals surface area contributed by atoms with Crippen molar-refractivity contribution in [2.24, 2.45) is 5.73 Å². The maximum atomic E-state index is 6.05. The van der Waals surface area contributed by atoms with Gasteiger partial charge in [-0.05, 0) is 19.1 Å². The minimum atomic E-state index is 0.0708. The van der Waals surface area contributed by atoms with Gasteiger partial charge in [0.25, 0.3) is 0 Å². The van der Waals surface area contributed by atoms with Crippen molar-refractivity contribution in [3.05, 3.63) is 18.2 Å². The van der Waals surface area contributed by atoms with E-state index in [0.717, 1.165) is 18.1 Å². The predicted octanol–water partition coefficient (Wildman–Crippen LogP) is 2.05. The van der Waals surface area contributed by atoms with Crippen LogP contribution in [0.25, 0.3) is 0 Å². The topological polar surface area (TPSA) is 43.8 Å². The summed E-state index contributed by atoms with van der Waals surface area (Å²) in [6.07, 6.45) is 5.02. The minimum absolute atomic E-state index is 0.0708. The van der Waals surface area contributed by atoms with E-state index in [1.807, 2.05) is 24.2 Å². The van der Waals surface area contributed by atoms with Gasteiger partial charge in [-0.3, -0.25) is 0 Å². The Morgan fingerprint density at radius 3 is 3.00 bits per heavy atom. The highest BCUT2D eigenvalue weighted by Crippen LogP contribution is 2.14. The van der Waals surface area contributed by atoms with E-state index in [9.17, 15) is 0 Å². The van der Waals surface area contributed by atoms with Crippen LogP contribution in [0, 0.1) is 0 Å². The monoisotopic (exact) mass is 213 g/mol. The Morgan fingerprint density at radius 2 is 2.36 bits per heavy atom. The Labute approximate surface area is 90.1 Å². The maximum Gasteiger partial charge on any atom is 0.126 e. The van der Waals surface area contributed by atoms with Gasteiger partial charge in [0.1, 0.15) is 5.82 Å². The predicted molar refractivity (Wildman–Crippen MR) is 62.4 cm³/mol. The lowest BCUT2D eigenvalue weighted by Gasteiger charge is -2.12. The summed E-state index contributed by atoms with van der Waals surface area (Å²) in [5.41, 5.74) is 6.05. The van der Waals surface area contributed by atoms with Gasteiger partial charge in [0.05, 0.1) is 6.04 Å². The second kappa shape index (κ2) is 6.09. The fourth-order valence-corrected chi connectivity index (χ4v) is 2.20. The third-order valence-electron chi connectivity index (χ3n) is 2.07. The molecule has 0 aliphatic rings. The van der Waals surface area contributed by atoms with E-state index < -0.39 is 0 Å². The summed E-state index contributed by atoms with van der Waals surface area (Å²) in [7, 11) is 0. The molecule has 0 spiro atoms. The Morgan fingerprint density at radius 1 is 1.57 bits per heavy atom.